The molecule has 0 aliphatic carbocycles. The van der Waals surface area contributed by atoms with Gasteiger partial charge in [-0.25, -0.2) is 0 Å². The SMILES string of the molecule is Cc1noc(CCC(=O)N2CCOCC2C)n1. The monoisotopic (exact) mass is 239 g/mol. The number of aromatic nitrogens is 2. The minimum atomic E-state index is 0.122. The van der Waals surface area contributed by atoms with Crippen LogP contribution in [0.1, 0.15) is 25.1 Å². The normalized spacial score (nSPS) is 20.6. The first-order valence-electron chi connectivity index (χ1n) is 5.83. The summed E-state index contributed by atoms with van der Waals surface area (Å²) in [6.45, 7) is 5.66. The van der Waals surface area contributed by atoms with E-state index < -0.39 is 0 Å². The molecule has 1 unspecified atom stereocenters. The molecule has 0 aromatic carbocycles. The summed E-state index contributed by atoms with van der Waals surface area (Å²) in [7, 11) is 0. The molecule has 0 N–H and O–H groups in total. The first-order chi connectivity index (χ1) is 8.16. The van der Waals surface area contributed by atoms with E-state index in [0.29, 0.717) is 44.3 Å². The van der Waals surface area contributed by atoms with Gasteiger partial charge in [-0.2, -0.15) is 4.98 Å². The average molecular weight is 239 g/mol. The first kappa shape index (κ1) is 12.0. The van der Waals surface area contributed by atoms with Crippen molar-refractivity contribution < 1.29 is 14.1 Å². The van der Waals surface area contributed by atoms with E-state index in [1.54, 1.807) is 6.92 Å². The molecule has 2 rings (SSSR count). The third-order valence-corrected chi connectivity index (χ3v) is 2.81. The molecule has 6 nitrogen and oxygen atoms in total. The van der Waals surface area contributed by atoms with Crippen molar-refractivity contribution in [2.24, 2.45) is 0 Å². The first-order valence-corrected chi connectivity index (χ1v) is 5.83. The quantitative estimate of drug-likeness (QED) is 0.770. The Morgan fingerprint density at radius 1 is 1.59 bits per heavy atom. The second-order valence-corrected chi connectivity index (χ2v) is 4.25. The van der Waals surface area contributed by atoms with Crippen LogP contribution in [0.4, 0.5) is 0 Å². The standard InChI is InChI=1S/C11H17N3O3/c1-8-7-16-6-5-14(8)11(15)4-3-10-12-9(2)13-17-10/h8H,3-7H2,1-2H3. The van der Waals surface area contributed by atoms with Crippen molar-refractivity contribution in [1.29, 1.82) is 0 Å². The summed E-state index contributed by atoms with van der Waals surface area (Å²) < 4.78 is 10.3. The highest BCUT2D eigenvalue weighted by Crippen LogP contribution is 2.10. The highest BCUT2D eigenvalue weighted by atomic mass is 16.5. The van der Waals surface area contributed by atoms with Gasteiger partial charge in [0.15, 0.2) is 5.82 Å². The molecule has 6 heteroatoms. The van der Waals surface area contributed by atoms with Crippen LogP contribution in [0, 0.1) is 6.92 Å². The summed E-state index contributed by atoms with van der Waals surface area (Å²) in [4.78, 5) is 17.9. The van der Waals surface area contributed by atoms with Gasteiger partial charge in [0.05, 0.1) is 19.3 Å². The largest absolute Gasteiger partial charge is 0.377 e. The van der Waals surface area contributed by atoms with Crippen molar-refractivity contribution in [3.05, 3.63) is 11.7 Å². The second kappa shape index (κ2) is 5.27. The maximum absolute atomic E-state index is 12.0. The van der Waals surface area contributed by atoms with Crippen LogP contribution in [0.3, 0.4) is 0 Å². The minimum absolute atomic E-state index is 0.122. The predicted octanol–water partition coefficient (Wildman–Crippen LogP) is 0.558. The number of nitrogens with zero attached hydrogens (tertiary/aromatic N) is 3. The predicted molar refractivity (Wildman–Crippen MR) is 59.4 cm³/mol. The van der Waals surface area contributed by atoms with Crippen LogP contribution in [0.15, 0.2) is 4.52 Å². The van der Waals surface area contributed by atoms with E-state index in [-0.39, 0.29) is 11.9 Å². The third-order valence-electron chi connectivity index (χ3n) is 2.81. The van der Waals surface area contributed by atoms with Gasteiger partial charge in [-0.05, 0) is 13.8 Å². The molecule has 94 valence electrons. The maximum atomic E-state index is 12.0. The van der Waals surface area contributed by atoms with Crippen LogP contribution in [0.25, 0.3) is 0 Å². The molecule has 1 aromatic rings. The molecule has 1 aliphatic rings. The van der Waals surface area contributed by atoms with Crippen LogP contribution >= 0.6 is 0 Å². The van der Waals surface area contributed by atoms with Gasteiger partial charge in [-0.1, -0.05) is 5.16 Å². The molecule has 17 heavy (non-hydrogen) atoms. The van der Waals surface area contributed by atoms with E-state index in [4.69, 9.17) is 9.26 Å². The topological polar surface area (TPSA) is 68.5 Å². The Morgan fingerprint density at radius 2 is 2.41 bits per heavy atom. The van der Waals surface area contributed by atoms with Crippen LogP contribution in [-0.4, -0.2) is 46.7 Å². The number of amides is 1. The highest BCUT2D eigenvalue weighted by molar-refractivity contribution is 5.76. The third kappa shape index (κ3) is 3.03. The lowest BCUT2D eigenvalue weighted by Gasteiger charge is -2.33. The zero-order valence-electron chi connectivity index (χ0n) is 10.2. The average Bonchev–Trinajstić information content (AvgIpc) is 2.73. The molecular weight excluding hydrogens is 222 g/mol. The Balaban J connectivity index is 1.84. The van der Waals surface area contributed by atoms with E-state index in [9.17, 15) is 4.79 Å². The summed E-state index contributed by atoms with van der Waals surface area (Å²) in [6.07, 6.45) is 0.912. The van der Waals surface area contributed by atoms with Crippen LogP contribution in [0.2, 0.25) is 0 Å². The van der Waals surface area contributed by atoms with Gasteiger partial charge >= 0.3 is 0 Å². The number of carbonyl (C=O) groups excluding carboxylic acids is 1. The molecule has 1 atom stereocenters. The summed E-state index contributed by atoms with van der Waals surface area (Å²) in [5.41, 5.74) is 0. The Hall–Kier alpha value is -1.43. The molecule has 1 fully saturated rings. The zero-order valence-corrected chi connectivity index (χ0v) is 10.2. The molecule has 0 spiro atoms. The van der Waals surface area contributed by atoms with Crippen LogP contribution in [-0.2, 0) is 16.0 Å². The maximum Gasteiger partial charge on any atom is 0.227 e. The molecule has 0 bridgehead atoms. The lowest BCUT2D eigenvalue weighted by atomic mass is 10.2. The number of aryl methyl sites for hydroxylation is 2. The van der Waals surface area contributed by atoms with Gasteiger partial charge in [-0.15, -0.1) is 0 Å². The molecule has 1 saturated heterocycles. The Kier molecular flexibility index (Phi) is 3.73. The van der Waals surface area contributed by atoms with Gasteiger partial charge in [0.2, 0.25) is 11.8 Å². The van der Waals surface area contributed by atoms with Gasteiger partial charge in [0.1, 0.15) is 0 Å². The van der Waals surface area contributed by atoms with Gasteiger partial charge in [0.25, 0.3) is 0 Å². The van der Waals surface area contributed by atoms with Crippen molar-refractivity contribution in [1.82, 2.24) is 15.0 Å². The molecule has 1 amide bonds. The molecule has 1 aliphatic heterocycles. The molecule has 0 radical (unpaired) electrons. The Labute approximate surface area is 99.9 Å². The van der Waals surface area contributed by atoms with Crippen LogP contribution < -0.4 is 0 Å². The number of hydrogen-bond donors (Lipinski definition) is 0. The summed E-state index contributed by atoms with van der Waals surface area (Å²) >= 11 is 0. The molecule has 0 saturated carbocycles. The fourth-order valence-electron chi connectivity index (χ4n) is 1.90. The minimum Gasteiger partial charge on any atom is -0.377 e. The van der Waals surface area contributed by atoms with Gasteiger partial charge in [-0.3, -0.25) is 4.79 Å². The molecule has 2 heterocycles. The van der Waals surface area contributed by atoms with Crippen molar-refractivity contribution >= 4 is 5.91 Å². The molecular formula is C11H17N3O3. The fourth-order valence-corrected chi connectivity index (χ4v) is 1.90. The Bertz CT molecular complexity index is 391. The van der Waals surface area contributed by atoms with E-state index >= 15 is 0 Å². The summed E-state index contributed by atoms with van der Waals surface area (Å²) in [5, 5.41) is 3.69. The van der Waals surface area contributed by atoms with Crippen molar-refractivity contribution in [2.45, 2.75) is 32.7 Å². The second-order valence-electron chi connectivity index (χ2n) is 4.25. The summed E-state index contributed by atoms with van der Waals surface area (Å²) in [5.74, 6) is 1.25. The lowest BCUT2D eigenvalue weighted by molar-refractivity contribution is -0.139. The highest BCUT2D eigenvalue weighted by Gasteiger charge is 2.23. The fraction of sp³-hybridized carbons (Fsp3) is 0.727. The number of morpholine rings is 1. The van der Waals surface area contributed by atoms with Gasteiger partial charge < -0.3 is 14.2 Å². The van der Waals surface area contributed by atoms with Crippen molar-refractivity contribution in [3.8, 4) is 0 Å². The smallest absolute Gasteiger partial charge is 0.227 e. The van der Waals surface area contributed by atoms with E-state index in [1.165, 1.54) is 0 Å². The zero-order chi connectivity index (χ0) is 12.3. The number of hydrogen-bond acceptors (Lipinski definition) is 5. The number of carbonyl (C=O) groups is 1. The molecule has 1 aromatic heterocycles. The van der Waals surface area contributed by atoms with Crippen molar-refractivity contribution in [3.63, 3.8) is 0 Å². The van der Waals surface area contributed by atoms with E-state index in [0.717, 1.165) is 0 Å². The van der Waals surface area contributed by atoms with Crippen molar-refractivity contribution in [2.75, 3.05) is 19.8 Å². The number of ether oxygens (including phenoxy) is 1. The Morgan fingerprint density at radius 3 is 3.06 bits per heavy atom. The summed E-state index contributed by atoms with van der Waals surface area (Å²) in [6, 6.07) is 0.153. The lowest BCUT2D eigenvalue weighted by Crippen LogP contribution is -2.47. The van der Waals surface area contributed by atoms with Gasteiger partial charge in [0, 0.05) is 19.4 Å². The number of rotatable bonds is 3. The van der Waals surface area contributed by atoms with E-state index in [2.05, 4.69) is 10.1 Å². The van der Waals surface area contributed by atoms with E-state index in [1.807, 2.05) is 11.8 Å². The van der Waals surface area contributed by atoms with Crippen LogP contribution in [0.5, 0.6) is 0 Å².